The highest BCUT2D eigenvalue weighted by molar-refractivity contribution is 5.77. The lowest BCUT2D eigenvalue weighted by atomic mass is 10.1. The van der Waals surface area contributed by atoms with Crippen molar-refractivity contribution in [1.29, 1.82) is 0 Å². The maximum absolute atomic E-state index is 10.9. The van der Waals surface area contributed by atoms with Crippen molar-refractivity contribution in [3.63, 3.8) is 0 Å². The summed E-state index contributed by atoms with van der Waals surface area (Å²) in [5, 5.41) is 8.77. The first-order valence-corrected chi connectivity index (χ1v) is 6.81. The minimum absolute atomic E-state index is 0.0597. The van der Waals surface area contributed by atoms with E-state index in [9.17, 15) is 9.59 Å². The van der Waals surface area contributed by atoms with Gasteiger partial charge in [-0.3, -0.25) is 14.5 Å². The van der Waals surface area contributed by atoms with Gasteiger partial charge in [0, 0.05) is 6.54 Å². The molecule has 0 fully saturated rings. The van der Waals surface area contributed by atoms with E-state index in [-0.39, 0.29) is 13.1 Å². The van der Waals surface area contributed by atoms with Crippen LogP contribution in [0.2, 0.25) is 0 Å². The van der Waals surface area contributed by atoms with Crippen molar-refractivity contribution in [2.24, 2.45) is 5.73 Å². The predicted octanol–water partition coefficient (Wildman–Crippen LogP) is 0.944. The van der Waals surface area contributed by atoms with Crippen LogP contribution in [-0.2, 0) is 9.59 Å². The Morgan fingerprint density at radius 3 is 2.62 bits per heavy atom. The smallest absolute Gasteiger partial charge is 0.317 e. The van der Waals surface area contributed by atoms with Gasteiger partial charge in [0.25, 0.3) is 0 Å². The molecule has 0 aliphatic heterocycles. The largest absolute Gasteiger partial charge is 0.493 e. The fraction of sp³-hybridized carbons (Fsp3) is 0.467. The minimum Gasteiger partial charge on any atom is -0.493 e. The molecule has 116 valence electrons. The van der Waals surface area contributed by atoms with Crippen LogP contribution in [0.25, 0.3) is 0 Å². The van der Waals surface area contributed by atoms with E-state index >= 15 is 0 Å². The lowest BCUT2D eigenvalue weighted by Gasteiger charge is -2.18. The van der Waals surface area contributed by atoms with Gasteiger partial charge in [0.2, 0.25) is 5.91 Å². The number of benzene rings is 1. The highest BCUT2D eigenvalue weighted by Gasteiger charge is 2.12. The Morgan fingerprint density at radius 1 is 1.29 bits per heavy atom. The van der Waals surface area contributed by atoms with Crippen molar-refractivity contribution >= 4 is 11.9 Å². The van der Waals surface area contributed by atoms with Gasteiger partial charge in [0.05, 0.1) is 19.7 Å². The number of carbonyl (C=O) groups excluding carboxylic acids is 1. The number of ether oxygens (including phenoxy) is 1. The third-order valence-electron chi connectivity index (χ3n) is 2.96. The van der Waals surface area contributed by atoms with E-state index in [1.54, 1.807) is 0 Å². The maximum atomic E-state index is 10.9. The van der Waals surface area contributed by atoms with Gasteiger partial charge in [-0.2, -0.15) is 0 Å². The van der Waals surface area contributed by atoms with E-state index < -0.39 is 11.9 Å². The molecule has 21 heavy (non-hydrogen) atoms. The molecule has 1 aromatic rings. The van der Waals surface area contributed by atoms with Crippen molar-refractivity contribution in [3.8, 4) is 5.75 Å². The molecule has 0 aromatic heterocycles. The summed E-state index contributed by atoms with van der Waals surface area (Å²) in [5.41, 5.74) is 7.27. The number of carboxylic acid groups (broad SMARTS) is 1. The second kappa shape index (κ2) is 8.26. The number of amides is 1. The Morgan fingerprint density at radius 2 is 2.00 bits per heavy atom. The second-order valence-electron chi connectivity index (χ2n) is 5.04. The molecule has 0 saturated heterocycles. The molecular formula is C15H22N2O4. The second-order valence-corrected chi connectivity index (χ2v) is 5.04. The Bertz CT molecular complexity index is 486. The van der Waals surface area contributed by atoms with E-state index in [0.29, 0.717) is 19.6 Å². The van der Waals surface area contributed by atoms with Crippen LogP contribution in [0, 0.1) is 13.8 Å². The Hall–Kier alpha value is -2.08. The monoisotopic (exact) mass is 294 g/mol. The first-order chi connectivity index (χ1) is 9.88. The number of rotatable bonds is 9. The van der Waals surface area contributed by atoms with Crippen LogP contribution in [0.3, 0.4) is 0 Å². The summed E-state index contributed by atoms with van der Waals surface area (Å²) in [4.78, 5) is 23.1. The van der Waals surface area contributed by atoms with Crippen LogP contribution in [0.5, 0.6) is 5.75 Å². The third-order valence-corrected chi connectivity index (χ3v) is 2.96. The van der Waals surface area contributed by atoms with E-state index in [4.69, 9.17) is 15.6 Å². The minimum atomic E-state index is -0.980. The van der Waals surface area contributed by atoms with Crippen molar-refractivity contribution in [1.82, 2.24) is 4.90 Å². The van der Waals surface area contributed by atoms with E-state index in [2.05, 4.69) is 0 Å². The Labute approximate surface area is 124 Å². The highest BCUT2D eigenvalue weighted by Crippen LogP contribution is 2.19. The zero-order chi connectivity index (χ0) is 15.8. The zero-order valence-corrected chi connectivity index (χ0v) is 12.5. The van der Waals surface area contributed by atoms with Crippen LogP contribution < -0.4 is 10.5 Å². The van der Waals surface area contributed by atoms with Gasteiger partial charge in [-0.1, -0.05) is 12.1 Å². The number of aliphatic carboxylic acids is 1. The number of nitrogens with zero attached hydrogens (tertiary/aromatic N) is 1. The van der Waals surface area contributed by atoms with Crippen LogP contribution in [0.15, 0.2) is 18.2 Å². The number of primary amides is 1. The molecule has 0 aliphatic carbocycles. The van der Waals surface area contributed by atoms with E-state index in [0.717, 1.165) is 16.9 Å². The van der Waals surface area contributed by atoms with Gasteiger partial charge in [-0.05, 0) is 37.5 Å². The number of hydrogen-bond donors (Lipinski definition) is 2. The Balaban J connectivity index is 2.41. The van der Waals surface area contributed by atoms with Gasteiger partial charge in [0.1, 0.15) is 5.75 Å². The molecule has 0 radical (unpaired) electrons. The normalized spacial score (nSPS) is 10.6. The van der Waals surface area contributed by atoms with Crippen LogP contribution in [0.1, 0.15) is 17.5 Å². The van der Waals surface area contributed by atoms with Gasteiger partial charge < -0.3 is 15.6 Å². The zero-order valence-electron chi connectivity index (χ0n) is 12.5. The van der Waals surface area contributed by atoms with Crippen molar-refractivity contribution in [2.75, 3.05) is 26.2 Å². The lowest BCUT2D eigenvalue weighted by molar-refractivity contribution is -0.138. The molecule has 0 heterocycles. The molecule has 6 nitrogen and oxygen atoms in total. The van der Waals surface area contributed by atoms with Crippen molar-refractivity contribution < 1.29 is 19.4 Å². The van der Waals surface area contributed by atoms with E-state index in [1.165, 1.54) is 4.90 Å². The van der Waals surface area contributed by atoms with Gasteiger partial charge in [-0.15, -0.1) is 0 Å². The van der Waals surface area contributed by atoms with Crippen LogP contribution in [0.4, 0.5) is 0 Å². The fourth-order valence-electron chi connectivity index (χ4n) is 1.96. The van der Waals surface area contributed by atoms with Crippen LogP contribution >= 0.6 is 0 Å². The van der Waals surface area contributed by atoms with E-state index in [1.807, 2.05) is 32.0 Å². The Kier molecular flexibility index (Phi) is 6.68. The molecule has 0 saturated carbocycles. The quantitative estimate of drug-likeness (QED) is 0.661. The summed E-state index contributed by atoms with van der Waals surface area (Å²) in [6.07, 6.45) is 0.619. The molecule has 3 N–H and O–H groups in total. The predicted molar refractivity (Wildman–Crippen MR) is 79.3 cm³/mol. The van der Waals surface area contributed by atoms with Crippen molar-refractivity contribution in [2.45, 2.75) is 20.3 Å². The lowest BCUT2D eigenvalue weighted by Crippen LogP contribution is -2.38. The fourth-order valence-corrected chi connectivity index (χ4v) is 1.96. The van der Waals surface area contributed by atoms with Gasteiger partial charge >= 0.3 is 5.97 Å². The maximum Gasteiger partial charge on any atom is 0.317 e. The summed E-state index contributed by atoms with van der Waals surface area (Å²) in [5.74, 6) is -0.687. The van der Waals surface area contributed by atoms with Gasteiger partial charge in [0.15, 0.2) is 0 Å². The molecule has 1 aromatic carbocycles. The average Bonchev–Trinajstić information content (AvgIpc) is 2.37. The van der Waals surface area contributed by atoms with Crippen molar-refractivity contribution in [3.05, 3.63) is 29.3 Å². The molecule has 0 atom stereocenters. The summed E-state index contributed by atoms with van der Waals surface area (Å²) in [6, 6.07) is 5.98. The first-order valence-electron chi connectivity index (χ1n) is 6.81. The molecule has 1 amide bonds. The molecule has 1 rings (SSSR count). The molecule has 6 heteroatoms. The highest BCUT2D eigenvalue weighted by atomic mass is 16.5. The SMILES string of the molecule is Cc1ccc(C)c(OCCCN(CC(N)=O)CC(=O)O)c1. The standard InChI is InChI=1S/C15H22N2O4/c1-11-4-5-12(2)13(8-11)21-7-3-6-17(9-14(16)18)10-15(19)20/h4-5,8H,3,6-7,9-10H2,1-2H3,(H2,16,18)(H,19,20). The number of hydrogen-bond acceptors (Lipinski definition) is 4. The number of nitrogens with two attached hydrogens (primary N) is 1. The molecule has 0 unspecified atom stereocenters. The van der Waals surface area contributed by atoms with Gasteiger partial charge in [-0.25, -0.2) is 0 Å². The number of carbonyl (C=O) groups is 2. The molecule has 0 bridgehead atoms. The van der Waals surface area contributed by atoms with Crippen LogP contribution in [-0.4, -0.2) is 48.1 Å². The first kappa shape index (κ1) is 17.0. The molecule has 0 spiro atoms. The molecular weight excluding hydrogens is 272 g/mol. The topological polar surface area (TPSA) is 92.9 Å². The molecule has 0 aliphatic rings. The summed E-state index contributed by atoms with van der Waals surface area (Å²) in [7, 11) is 0. The third kappa shape index (κ3) is 6.76. The number of aryl methyl sites for hydroxylation is 2. The summed E-state index contributed by atoms with van der Waals surface area (Å²) in [6.45, 7) is 4.60. The number of carboxylic acids is 1. The summed E-state index contributed by atoms with van der Waals surface area (Å²) >= 11 is 0. The average molecular weight is 294 g/mol. The summed E-state index contributed by atoms with van der Waals surface area (Å²) < 4.78 is 5.69.